The van der Waals surface area contributed by atoms with Crippen LogP contribution >= 0.6 is 0 Å². The van der Waals surface area contributed by atoms with Crippen molar-refractivity contribution >= 4 is 27.6 Å². The molecular formula is C14H7N7O7S. The van der Waals surface area contributed by atoms with E-state index < -0.39 is 42.9 Å². The molecule has 2 aromatic carbocycles. The minimum absolute atomic E-state index is 0.0148. The second-order valence-corrected chi connectivity index (χ2v) is 6.49. The Balaban J connectivity index is 2.96. The summed E-state index contributed by atoms with van der Waals surface area (Å²) in [5, 5.41) is 16.3. The van der Waals surface area contributed by atoms with Crippen LogP contribution in [0.4, 0.5) is 5.69 Å². The lowest BCUT2D eigenvalue weighted by atomic mass is 9.97. The first-order chi connectivity index (χ1) is 13.6. The Bertz CT molecular complexity index is 1240. The van der Waals surface area contributed by atoms with E-state index in [1.54, 1.807) is 0 Å². The topological polar surface area (TPSA) is 229 Å². The minimum atomic E-state index is -5.20. The third-order valence-corrected chi connectivity index (χ3v) is 4.46. The summed E-state index contributed by atoms with van der Waals surface area (Å²) in [4.78, 5) is 37.6. The molecule has 0 aromatic heterocycles. The first kappa shape index (κ1) is 21.0. The number of carbonyl (C=O) groups excluding carboxylic acids is 2. The summed E-state index contributed by atoms with van der Waals surface area (Å²) in [6.07, 6.45) is 0. The van der Waals surface area contributed by atoms with Crippen LogP contribution in [-0.4, -0.2) is 29.7 Å². The molecule has 2 rings (SSSR count). The number of nitrogens with zero attached hydrogens (tertiary/aromatic N) is 7. The lowest BCUT2D eigenvalue weighted by Crippen LogP contribution is -2.14. The molecule has 15 heteroatoms. The summed E-state index contributed by atoms with van der Waals surface area (Å²) in [6, 6.07) is 6.28. The van der Waals surface area contributed by atoms with Crippen LogP contribution in [0, 0.1) is 10.1 Å². The van der Waals surface area contributed by atoms with E-state index in [1.165, 1.54) is 0 Å². The van der Waals surface area contributed by atoms with Gasteiger partial charge in [0.25, 0.3) is 21.7 Å². The molecule has 0 aliphatic heterocycles. The first-order valence-electron chi connectivity index (χ1n) is 7.20. The molecular weight excluding hydrogens is 410 g/mol. The van der Waals surface area contributed by atoms with Crippen LogP contribution in [0.1, 0.15) is 20.7 Å². The second-order valence-electron chi connectivity index (χ2n) is 5.13. The Morgan fingerprint density at radius 3 is 2.03 bits per heavy atom. The smallest absolute Gasteiger partial charge is 0.287 e. The molecule has 0 heterocycles. The van der Waals surface area contributed by atoms with E-state index in [2.05, 4.69) is 20.1 Å². The van der Waals surface area contributed by atoms with Gasteiger partial charge in [-0.25, -0.2) is 0 Å². The quantitative estimate of drug-likeness (QED) is 0.190. The van der Waals surface area contributed by atoms with E-state index in [0.29, 0.717) is 0 Å². The highest BCUT2D eigenvalue weighted by Crippen LogP contribution is 2.34. The van der Waals surface area contributed by atoms with Crippen molar-refractivity contribution in [1.29, 1.82) is 0 Å². The lowest BCUT2D eigenvalue weighted by Gasteiger charge is -2.14. The third kappa shape index (κ3) is 4.35. The number of azide groups is 2. The zero-order valence-corrected chi connectivity index (χ0v) is 14.7. The van der Waals surface area contributed by atoms with Crippen molar-refractivity contribution in [2.75, 3.05) is 0 Å². The molecule has 0 atom stereocenters. The Morgan fingerprint density at radius 2 is 1.55 bits per heavy atom. The summed E-state index contributed by atoms with van der Waals surface area (Å²) in [6.45, 7) is 0. The van der Waals surface area contributed by atoms with Crippen molar-refractivity contribution in [2.45, 2.75) is 4.90 Å². The molecule has 2 amide bonds. The maximum absolute atomic E-state index is 12.2. The fourth-order valence-corrected chi connectivity index (χ4v) is 3.34. The van der Waals surface area contributed by atoms with E-state index in [-0.39, 0.29) is 16.8 Å². The van der Waals surface area contributed by atoms with Gasteiger partial charge in [-0.3, -0.25) is 24.3 Å². The number of benzene rings is 2. The third-order valence-electron chi connectivity index (χ3n) is 3.52. The molecule has 0 bridgehead atoms. The summed E-state index contributed by atoms with van der Waals surface area (Å²) in [5.41, 5.74) is 14.5. The van der Waals surface area contributed by atoms with E-state index >= 15 is 0 Å². The van der Waals surface area contributed by atoms with Crippen LogP contribution in [0.2, 0.25) is 0 Å². The Hall–Kier alpha value is -4.29. The Labute approximate surface area is 160 Å². The summed E-state index contributed by atoms with van der Waals surface area (Å²) < 4.78 is 33.7. The molecule has 0 aliphatic rings. The van der Waals surface area contributed by atoms with Crippen LogP contribution < -0.4 is 0 Å². The normalized spacial score (nSPS) is 10.4. The number of hydrogen-bond donors (Lipinski definition) is 1. The first-order valence-corrected chi connectivity index (χ1v) is 8.64. The number of amides is 2. The fourth-order valence-electron chi connectivity index (χ4n) is 2.42. The van der Waals surface area contributed by atoms with Gasteiger partial charge >= 0.3 is 0 Å². The lowest BCUT2D eigenvalue weighted by molar-refractivity contribution is -0.384. The van der Waals surface area contributed by atoms with E-state index in [9.17, 15) is 32.7 Å². The molecule has 14 nitrogen and oxygen atoms in total. The van der Waals surface area contributed by atoms with Crippen LogP contribution in [0.25, 0.3) is 32.0 Å². The SMILES string of the molecule is [N-]=[N+]=NC(=O)c1ccc(-c2ccc([N+](=O)[O-])cc2)c(S(=O)(=O)O)c1C(=O)N=[N+]=[N-]. The summed E-state index contributed by atoms with van der Waals surface area (Å²) in [5.74, 6) is -2.91. The van der Waals surface area contributed by atoms with Crippen molar-refractivity contribution in [1.82, 2.24) is 0 Å². The van der Waals surface area contributed by atoms with Gasteiger partial charge in [0.05, 0.1) is 10.5 Å². The molecule has 146 valence electrons. The van der Waals surface area contributed by atoms with Crippen LogP contribution in [-0.2, 0) is 10.1 Å². The maximum atomic E-state index is 12.2. The van der Waals surface area contributed by atoms with Gasteiger partial charge in [0.2, 0.25) is 5.91 Å². The molecule has 0 radical (unpaired) electrons. The average Bonchev–Trinajstić information content (AvgIpc) is 2.66. The monoisotopic (exact) mass is 417 g/mol. The van der Waals surface area contributed by atoms with Gasteiger partial charge in [-0.1, -0.05) is 6.07 Å². The van der Waals surface area contributed by atoms with Gasteiger partial charge in [-0.05, 0) is 45.1 Å². The van der Waals surface area contributed by atoms with Crippen molar-refractivity contribution in [2.24, 2.45) is 10.2 Å². The number of hydrogen-bond acceptors (Lipinski definition) is 6. The number of non-ortho nitro benzene ring substituents is 1. The predicted molar refractivity (Wildman–Crippen MR) is 95.3 cm³/mol. The number of carbonyl (C=O) groups is 2. The molecule has 0 spiro atoms. The number of nitro groups is 1. The van der Waals surface area contributed by atoms with Gasteiger partial charge < -0.3 is 0 Å². The van der Waals surface area contributed by atoms with Crippen molar-refractivity contribution < 1.29 is 27.5 Å². The van der Waals surface area contributed by atoms with E-state index in [0.717, 1.165) is 36.4 Å². The molecule has 0 fully saturated rings. The zero-order valence-electron chi connectivity index (χ0n) is 13.9. The van der Waals surface area contributed by atoms with E-state index in [1.807, 2.05) is 0 Å². The van der Waals surface area contributed by atoms with Crippen LogP contribution in [0.15, 0.2) is 51.5 Å². The molecule has 1 N–H and O–H groups in total. The van der Waals surface area contributed by atoms with Crippen LogP contribution in [0.5, 0.6) is 0 Å². The van der Waals surface area contributed by atoms with Gasteiger partial charge in [0.1, 0.15) is 4.90 Å². The molecule has 0 saturated carbocycles. The Morgan fingerprint density at radius 1 is 1.00 bits per heavy atom. The highest BCUT2D eigenvalue weighted by atomic mass is 32.2. The molecule has 0 aliphatic carbocycles. The standard InChI is InChI=1S/C14H7N7O7S/c15-19-17-13(22)10-6-5-9(7-1-3-8(4-2-7)21(24)25)12(29(26,27)28)11(10)14(23)18-20-16/h1-6H,(H,26,27,28). The molecule has 0 unspecified atom stereocenters. The van der Waals surface area contributed by atoms with Crippen molar-refractivity contribution in [3.8, 4) is 11.1 Å². The van der Waals surface area contributed by atoms with Crippen LogP contribution in [0.3, 0.4) is 0 Å². The summed E-state index contributed by atoms with van der Waals surface area (Å²) >= 11 is 0. The van der Waals surface area contributed by atoms with E-state index in [4.69, 9.17) is 11.1 Å². The largest absolute Gasteiger partial charge is 0.295 e. The van der Waals surface area contributed by atoms with Gasteiger partial charge in [0, 0.05) is 33.1 Å². The van der Waals surface area contributed by atoms with Gasteiger partial charge in [-0.2, -0.15) is 8.42 Å². The number of rotatable bonds is 5. The number of nitro benzene ring substituents is 1. The molecule has 29 heavy (non-hydrogen) atoms. The molecule has 2 aromatic rings. The van der Waals surface area contributed by atoms with Gasteiger partial charge in [-0.15, -0.1) is 0 Å². The average molecular weight is 417 g/mol. The predicted octanol–water partition coefficient (Wildman–Crippen LogP) is 3.41. The zero-order chi connectivity index (χ0) is 21.8. The second kappa shape index (κ2) is 8.16. The fraction of sp³-hybridized carbons (Fsp3) is 0. The van der Waals surface area contributed by atoms with Crippen molar-refractivity contribution in [3.63, 3.8) is 0 Å². The van der Waals surface area contributed by atoms with Gasteiger partial charge in [0.15, 0.2) is 0 Å². The van der Waals surface area contributed by atoms with Crippen molar-refractivity contribution in [3.05, 3.63) is 78.5 Å². The minimum Gasteiger partial charge on any atom is -0.287 e. The highest BCUT2D eigenvalue weighted by molar-refractivity contribution is 7.86. The Kier molecular flexibility index (Phi) is 5.91. The summed E-state index contributed by atoms with van der Waals surface area (Å²) in [7, 11) is -5.20. The highest BCUT2D eigenvalue weighted by Gasteiger charge is 2.30. The maximum Gasteiger partial charge on any atom is 0.295 e. The molecule has 0 saturated heterocycles.